The van der Waals surface area contributed by atoms with E-state index in [4.69, 9.17) is 9.47 Å². The predicted octanol–water partition coefficient (Wildman–Crippen LogP) is 6.58. The summed E-state index contributed by atoms with van der Waals surface area (Å²) in [5.41, 5.74) is 0.666. The second kappa shape index (κ2) is 12.2. The highest BCUT2D eigenvalue weighted by atomic mass is 79.9. The van der Waals surface area contributed by atoms with Crippen LogP contribution in [0.15, 0.2) is 69.0 Å². The Labute approximate surface area is 232 Å². The number of nitro benzene ring substituents is 1. The van der Waals surface area contributed by atoms with Gasteiger partial charge in [0, 0.05) is 22.0 Å². The van der Waals surface area contributed by atoms with Gasteiger partial charge in [-0.15, -0.1) is 0 Å². The van der Waals surface area contributed by atoms with Crippen LogP contribution in [0.3, 0.4) is 0 Å². The molecule has 0 saturated heterocycles. The lowest BCUT2D eigenvalue weighted by Gasteiger charge is -2.14. The van der Waals surface area contributed by atoms with Gasteiger partial charge in [-0.05, 0) is 55.3 Å². The van der Waals surface area contributed by atoms with Gasteiger partial charge in [-0.2, -0.15) is 9.78 Å². The Morgan fingerprint density at radius 1 is 1.18 bits per heavy atom. The molecule has 0 saturated carbocycles. The van der Waals surface area contributed by atoms with Crippen molar-refractivity contribution in [3.63, 3.8) is 0 Å². The van der Waals surface area contributed by atoms with Crippen LogP contribution in [0.4, 0.5) is 10.1 Å². The molecule has 0 spiro atoms. The van der Waals surface area contributed by atoms with Crippen molar-refractivity contribution in [2.24, 2.45) is 5.10 Å². The zero-order valence-electron chi connectivity index (χ0n) is 21.6. The molecule has 0 unspecified atom stereocenters. The molecule has 0 fully saturated rings. The van der Waals surface area contributed by atoms with Crippen LogP contribution < -0.4 is 15.0 Å². The molecule has 3 aromatic carbocycles. The zero-order chi connectivity index (χ0) is 28.1. The molecule has 4 rings (SSSR count). The molecule has 4 aromatic rings. The van der Waals surface area contributed by atoms with Gasteiger partial charge in [-0.1, -0.05) is 41.9 Å². The second-order valence-corrected chi connectivity index (χ2v) is 9.69. The molecule has 0 aliphatic carbocycles. The van der Waals surface area contributed by atoms with Gasteiger partial charge in [0.25, 0.3) is 5.56 Å². The maximum Gasteiger partial charge on any atom is 0.315 e. The van der Waals surface area contributed by atoms with E-state index in [2.05, 4.69) is 26.0 Å². The van der Waals surface area contributed by atoms with Gasteiger partial charge in [-0.25, -0.2) is 9.37 Å². The number of benzene rings is 3. The van der Waals surface area contributed by atoms with Crippen molar-refractivity contribution in [1.82, 2.24) is 9.66 Å². The lowest BCUT2D eigenvalue weighted by atomic mass is 10.1. The molecule has 0 bridgehead atoms. The number of hydrogen-bond donors (Lipinski definition) is 0. The summed E-state index contributed by atoms with van der Waals surface area (Å²) in [6, 6.07) is 13.9. The first-order valence-corrected chi connectivity index (χ1v) is 13.1. The van der Waals surface area contributed by atoms with E-state index in [1.807, 2.05) is 19.9 Å². The van der Waals surface area contributed by atoms with E-state index in [9.17, 15) is 19.3 Å². The van der Waals surface area contributed by atoms with Crippen LogP contribution in [0, 0.1) is 15.9 Å². The van der Waals surface area contributed by atoms with Crippen LogP contribution in [0.1, 0.15) is 50.1 Å². The normalized spacial score (nSPS) is 12.1. The molecule has 202 valence electrons. The summed E-state index contributed by atoms with van der Waals surface area (Å²) >= 11 is 3.39. The summed E-state index contributed by atoms with van der Waals surface area (Å²) in [4.78, 5) is 29.5. The topological polar surface area (TPSA) is 109 Å². The summed E-state index contributed by atoms with van der Waals surface area (Å²) in [6.45, 7) is 5.78. The zero-order valence-corrected chi connectivity index (χ0v) is 23.1. The van der Waals surface area contributed by atoms with Gasteiger partial charge >= 0.3 is 5.69 Å². The Morgan fingerprint density at radius 3 is 2.67 bits per heavy atom. The molecule has 0 amide bonds. The molecule has 1 atom stereocenters. The van der Waals surface area contributed by atoms with Crippen LogP contribution in [0.25, 0.3) is 10.9 Å². The quantitative estimate of drug-likeness (QED) is 0.116. The van der Waals surface area contributed by atoms with Gasteiger partial charge < -0.3 is 9.47 Å². The molecular weight excluding hydrogens is 571 g/mol. The molecule has 1 heterocycles. The molecule has 39 heavy (non-hydrogen) atoms. The van der Waals surface area contributed by atoms with Crippen LogP contribution in [0.2, 0.25) is 0 Å². The van der Waals surface area contributed by atoms with E-state index in [0.717, 1.165) is 10.9 Å². The lowest BCUT2D eigenvalue weighted by molar-refractivity contribution is -0.386. The minimum Gasteiger partial charge on any atom is -0.490 e. The molecule has 0 radical (unpaired) electrons. The van der Waals surface area contributed by atoms with Crippen LogP contribution in [0.5, 0.6) is 11.5 Å². The highest BCUT2D eigenvalue weighted by Gasteiger charge is 2.23. The molecule has 0 N–H and O–H groups in total. The first-order valence-electron chi connectivity index (χ1n) is 12.3. The number of fused-ring (bicyclic) bond motifs is 1. The maximum absolute atomic E-state index is 13.6. The summed E-state index contributed by atoms with van der Waals surface area (Å²) in [7, 11) is 0. The third kappa shape index (κ3) is 6.31. The third-order valence-corrected chi connectivity index (χ3v) is 6.53. The average Bonchev–Trinajstić information content (AvgIpc) is 2.91. The Balaban J connectivity index is 1.79. The van der Waals surface area contributed by atoms with E-state index < -0.39 is 10.7 Å². The number of halogens is 2. The number of ether oxygens (including phenoxy) is 2. The highest BCUT2D eigenvalue weighted by Crippen LogP contribution is 2.39. The molecule has 0 aliphatic rings. The van der Waals surface area contributed by atoms with E-state index in [1.165, 1.54) is 35.2 Å². The Morgan fingerprint density at radius 2 is 1.97 bits per heavy atom. The fourth-order valence-electron chi connectivity index (χ4n) is 3.91. The van der Waals surface area contributed by atoms with Crippen molar-refractivity contribution in [3.05, 3.63) is 102 Å². The van der Waals surface area contributed by atoms with E-state index in [0.29, 0.717) is 27.9 Å². The summed E-state index contributed by atoms with van der Waals surface area (Å²) in [6.07, 6.45) is 2.08. The highest BCUT2D eigenvalue weighted by molar-refractivity contribution is 9.10. The average molecular weight is 597 g/mol. The summed E-state index contributed by atoms with van der Waals surface area (Å²) in [5.74, 6) is 0.000242. The Bertz CT molecular complexity index is 1620. The van der Waals surface area contributed by atoms with Gasteiger partial charge in [0.1, 0.15) is 18.2 Å². The number of nitro groups is 1. The minimum absolute atomic E-state index is 0.0742. The first-order chi connectivity index (χ1) is 18.7. The summed E-state index contributed by atoms with van der Waals surface area (Å²) in [5, 5.41) is 16.8. The van der Waals surface area contributed by atoms with Crippen molar-refractivity contribution in [2.75, 3.05) is 6.61 Å². The second-order valence-electron chi connectivity index (χ2n) is 8.78. The van der Waals surface area contributed by atoms with Crippen molar-refractivity contribution in [1.29, 1.82) is 0 Å². The number of hydrogen-bond acceptors (Lipinski definition) is 7. The van der Waals surface area contributed by atoms with Crippen molar-refractivity contribution < 1.29 is 18.8 Å². The Kier molecular flexibility index (Phi) is 8.70. The first kappa shape index (κ1) is 27.9. The fourth-order valence-corrected chi connectivity index (χ4v) is 4.27. The van der Waals surface area contributed by atoms with Crippen molar-refractivity contribution in [3.8, 4) is 11.5 Å². The summed E-state index contributed by atoms with van der Waals surface area (Å²) < 4.78 is 26.9. The third-order valence-electron chi connectivity index (χ3n) is 6.04. The fraction of sp³-hybridized carbons (Fsp3) is 0.250. The SMILES string of the molecule is CCOc1cc(C=Nn2c([C@@H](C)CC)nc3ccc(Br)cc3c2=O)cc([N+](=O)[O-])c1OCc1cccc(F)c1. The molecule has 9 nitrogen and oxygen atoms in total. The van der Waals surface area contributed by atoms with Crippen molar-refractivity contribution in [2.45, 2.75) is 39.7 Å². The standard InChI is InChI=1S/C28H26BrFN4O5/c1-4-17(3)27-32-23-10-9-20(29)14-22(23)28(35)33(27)31-15-19-12-24(34(36)37)26(25(13-19)38-5-2)39-16-18-7-6-8-21(30)11-18/h6-15,17H,4-5,16H2,1-3H3/t17-/m0/s1. The number of nitrogens with zero attached hydrogens (tertiary/aromatic N) is 4. The predicted molar refractivity (Wildman–Crippen MR) is 150 cm³/mol. The molecular formula is C28H26BrFN4O5. The molecule has 0 aliphatic heterocycles. The number of rotatable bonds is 10. The van der Waals surface area contributed by atoms with Crippen LogP contribution in [-0.4, -0.2) is 27.4 Å². The largest absolute Gasteiger partial charge is 0.490 e. The molecule has 1 aromatic heterocycles. The van der Waals surface area contributed by atoms with E-state index in [1.54, 1.807) is 31.2 Å². The van der Waals surface area contributed by atoms with Crippen molar-refractivity contribution >= 4 is 38.7 Å². The maximum atomic E-state index is 13.6. The van der Waals surface area contributed by atoms with Gasteiger partial charge in [0.05, 0.1) is 28.6 Å². The van der Waals surface area contributed by atoms with E-state index in [-0.39, 0.29) is 41.9 Å². The lowest BCUT2D eigenvalue weighted by Crippen LogP contribution is -2.23. The van der Waals surface area contributed by atoms with Crippen LogP contribution in [-0.2, 0) is 6.61 Å². The van der Waals surface area contributed by atoms with Gasteiger partial charge in [-0.3, -0.25) is 14.9 Å². The minimum atomic E-state index is -0.591. The van der Waals surface area contributed by atoms with Gasteiger partial charge in [0.15, 0.2) is 5.75 Å². The monoisotopic (exact) mass is 596 g/mol. The van der Waals surface area contributed by atoms with E-state index >= 15 is 0 Å². The smallest absolute Gasteiger partial charge is 0.315 e. The Hall–Kier alpha value is -4.12. The number of aromatic nitrogens is 2. The van der Waals surface area contributed by atoms with Gasteiger partial charge in [0.2, 0.25) is 5.75 Å². The molecule has 11 heteroatoms. The van der Waals surface area contributed by atoms with Crippen LogP contribution >= 0.6 is 15.9 Å².